The lowest BCUT2D eigenvalue weighted by Crippen LogP contribution is -2.29. The number of pyridine rings is 1. The molecule has 0 bridgehead atoms. The number of aliphatic hydroxyl groups excluding tert-OH is 2. The van der Waals surface area contributed by atoms with E-state index in [1.807, 2.05) is 0 Å². The molecule has 6 N–H and O–H groups in total. The number of likely N-dealkylation sites (N-methyl/N-ethyl adjacent to an activating group) is 1. The van der Waals surface area contributed by atoms with Gasteiger partial charge >= 0.3 is 0 Å². The minimum atomic E-state index is -1.10. The Balaban J connectivity index is 2.81. The average Bonchev–Trinajstić information content (AvgIpc) is 2.21. The van der Waals surface area contributed by atoms with Gasteiger partial charge in [-0.05, 0) is 13.1 Å². The fourth-order valence-electron chi connectivity index (χ4n) is 1.18. The van der Waals surface area contributed by atoms with Gasteiger partial charge in [-0.3, -0.25) is 0 Å². The Labute approximate surface area is 87.4 Å². The molecule has 15 heavy (non-hydrogen) atoms. The highest BCUT2D eigenvalue weighted by atomic mass is 16.3. The SMILES string of the molecule is CNCC(O)C(O)c1cnc(N)c(O)c1. The molecule has 0 aliphatic carbocycles. The number of aromatic nitrogens is 1. The zero-order valence-corrected chi connectivity index (χ0v) is 8.38. The molecule has 0 saturated heterocycles. The van der Waals surface area contributed by atoms with E-state index in [-0.39, 0.29) is 18.1 Å². The summed E-state index contributed by atoms with van der Waals surface area (Å²) < 4.78 is 0. The van der Waals surface area contributed by atoms with Crippen LogP contribution in [0.3, 0.4) is 0 Å². The summed E-state index contributed by atoms with van der Waals surface area (Å²) >= 11 is 0. The van der Waals surface area contributed by atoms with Gasteiger partial charge in [0.2, 0.25) is 0 Å². The molecule has 2 unspecified atom stereocenters. The second kappa shape index (κ2) is 4.92. The Bertz CT molecular complexity index is 332. The van der Waals surface area contributed by atoms with Gasteiger partial charge in [-0.1, -0.05) is 0 Å². The molecule has 1 rings (SSSR count). The van der Waals surface area contributed by atoms with Gasteiger partial charge in [-0.2, -0.15) is 0 Å². The number of nitrogens with one attached hydrogen (secondary N) is 1. The first-order valence-electron chi connectivity index (χ1n) is 4.51. The summed E-state index contributed by atoms with van der Waals surface area (Å²) in [6.45, 7) is 0.242. The number of anilines is 1. The molecule has 1 aromatic rings. The van der Waals surface area contributed by atoms with Gasteiger partial charge in [0.25, 0.3) is 0 Å². The van der Waals surface area contributed by atoms with Crippen LogP contribution in [0.15, 0.2) is 12.3 Å². The van der Waals surface area contributed by atoms with Crippen LogP contribution in [0, 0.1) is 0 Å². The molecule has 0 fully saturated rings. The fourth-order valence-corrected chi connectivity index (χ4v) is 1.18. The van der Waals surface area contributed by atoms with Crippen LogP contribution in [-0.2, 0) is 0 Å². The molecule has 0 spiro atoms. The van der Waals surface area contributed by atoms with Gasteiger partial charge in [0.1, 0.15) is 6.10 Å². The first-order chi connectivity index (χ1) is 7.06. The van der Waals surface area contributed by atoms with Crippen molar-refractivity contribution < 1.29 is 15.3 Å². The monoisotopic (exact) mass is 213 g/mol. The molecule has 1 aromatic heterocycles. The maximum atomic E-state index is 9.65. The zero-order valence-electron chi connectivity index (χ0n) is 8.38. The predicted octanol–water partition coefficient (Wildman–Crippen LogP) is -1.02. The highest BCUT2D eigenvalue weighted by Gasteiger charge is 2.18. The van der Waals surface area contributed by atoms with Crippen molar-refractivity contribution in [2.75, 3.05) is 19.3 Å². The summed E-state index contributed by atoms with van der Waals surface area (Å²) in [4.78, 5) is 3.68. The van der Waals surface area contributed by atoms with E-state index in [0.29, 0.717) is 5.56 Å². The number of aromatic hydroxyl groups is 1. The largest absolute Gasteiger partial charge is 0.504 e. The first kappa shape index (κ1) is 11.7. The van der Waals surface area contributed by atoms with Crippen LogP contribution in [0.5, 0.6) is 5.75 Å². The van der Waals surface area contributed by atoms with Crippen LogP contribution < -0.4 is 11.1 Å². The van der Waals surface area contributed by atoms with Crippen molar-refractivity contribution in [2.24, 2.45) is 0 Å². The van der Waals surface area contributed by atoms with Crippen LogP contribution in [0.25, 0.3) is 0 Å². The number of nitrogens with two attached hydrogens (primary N) is 1. The number of rotatable bonds is 4. The summed E-state index contributed by atoms with van der Waals surface area (Å²) in [5, 5.41) is 31.1. The van der Waals surface area contributed by atoms with Crippen LogP contribution >= 0.6 is 0 Å². The summed E-state index contributed by atoms with van der Waals surface area (Å²) in [6, 6.07) is 1.28. The van der Waals surface area contributed by atoms with E-state index in [4.69, 9.17) is 5.73 Å². The lowest BCUT2D eigenvalue weighted by molar-refractivity contribution is 0.0199. The van der Waals surface area contributed by atoms with Crippen molar-refractivity contribution in [1.82, 2.24) is 10.3 Å². The Kier molecular flexibility index (Phi) is 3.84. The van der Waals surface area contributed by atoms with Gasteiger partial charge in [0, 0.05) is 18.3 Å². The van der Waals surface area contributed by atoms with Gasteiger partial charge in [0.05, 0.1) is 6.10 Å². The molecule has 0 amide bonds. The molecule has 0 aliphatic heterocycles. The van der Waals surface area contributed by atoms with Gasteiger partial charge in [-0.25, -0.2) is 4.98 Å². The van der Waals surface area contributed by atoms with Crippen molar-refractivity contribution in [3.63, 3.8) is 0 Å². The van der Waals surface area contributed by atoms with E-state index >= 15 is 0 Å². The normalized spacial score (nSPS) is 14.9. The molecule has 0 radical (unpaired) electrons. The van der Waals surface area contributed by atoms with E-state index in [1.54, 1.807) is 7.05 Å². The van der Waals surface area contributed by atoms with E-state index in [9.17, 15) is 15.3 Å². The highest BCUT2D eigenvalue weighted by molar-refractivity contribution is 5.46. The summed E-state index contributed by atoms with van der Waals surface area (Å²) in [7, 11) is 1.66. The van der Waals surface area contributed by atoms with Gasteiger partial charge in [0.15, 0.2) is 11.6 Å². The molecule has 84 valence electrons. The Hall–Kier alpha value is -1.37. The number of hydrogen-bond donors (Lipinski definition) is 5. The van der Waals surface area contributed by atoms with E-state index in [2.05, 4.69) is 10.3 Å². The van der Waals surface area contributed by atoms with Gasteiger partial charge < -0.3 is 26.4 Å². The van der Waals surface area contributed by atoms with E-state index < -0.39 is 12.2 Å². The molecular weight excluding hydrogens is 198 g/mol. The number of hydrogen-bond acceptors (Lipinski definition) is 6. The molecule has 0 aromatic carbocycles. The van der Waals surface area contributed by atoms with E-state index in [0.717, 1.165) is 0 Å². The summed E-state index contributed by atoms with van der Waals surface area (Å²) in [5.74, 6) is -0.211. The first-order valence-corrected chi connectivity index (χ1v) is 4.51. The Morgan fingerprint density at radius 1 is 1.53 bits per heavy atom. The molecule has 2 atom stereocenters. The molecule has 0 saturated carbocycles. The zero-order chi connectivity index (χ0) is 11.4. The Morgan fingerprint density at radius 2 is 2.20 bits per heavy atom. The lowest BCUT2D eigenvalue weighted by atomic mass is 10.1. The minimum absolute atomic E-state index is 0.00550. The van der Waals surface area contributed by atoms with Crippen LogP contribution in [0.2, 0.25) is 0 Å². The van der Waals surface area contributed by atoms with Crippen molar-refractivity contribution >= 4 is 5.82 Å². The second-order valence-corrected chi connectivity index (χ2v) is 3.24. The van der Waals surface area contributed by atoms with Crippen LogP contribution in [0.4, 0.5) is 5.82 Å². The third-order valence-corrected chi connectivity index (χ3v) is 2.04. The van der Waals surface area contributed by atoms with Crippen molar-refractivity contribution in [1.29, 1.82) is 0 Å². The third kappa shape index (κ3) is 2.79. The van der Waals surface area contributed by atoms with Gasteiger partial charge in [-0.15, -0.1) is 0 Å². The fraction of sp³-hybridized carbons (Fsp3) is 0.444. The quantitative estimate of drug-likeness (QED) is 0.438. The highest BCUT2D eigenvalue weighted by Crippen LogP contribution is 2.23. The van der Waals surface area contributed by atoms with Crippen LogP contribution in [0.1, 0.15) is 11.7 Å². The molecule has 0 aliphatic rings. The molecule has 1 heterocycles. The number of nitrogens with zero attached hydrogens (tertiary/aromatic N) is 1. The average molecular weight is 213 g/mol. The predicted molar refractivity (Wildman–Crippen MR) is 55.2 cm³/mol. The van der Waals surface area contributed by atoms with E-state index in [1.165, 1.54) is 12.3 Å². The minimum Gasteiger partial charge on any atom is -0.504 e. The maximum absolute atomic E-state index is 9.65. The third-order valence-electron chi connectivity index (χ3n) is 2.04. The summed E-state index contributed by atoms with van der Waals surface area (Å²) in [6.07, 6.45) is -0.741. The van der Waals surface area contributed by atoms with Crippen molar-refractivity contribution in [3.8, 4) is 5.75 Å². The Morgan fingerprint density at radius 3 is 2.73 bits per heavy atom. The van der Waals surface area contributed by atoms with Crippen LogP contribution in [-0.4, -0.2) is 40.0 Å². The topological polar surface area (TPSA) is 112 Å². The summed E-state index contributed by atoms with van der Waals surface area (Å²) in [5.41, 5.74) is 5.63. The lowest BCUT2D eigenvalue weighted by Gasteiger charge is -2.17. The standard InChI is InChI=1S/C9H15N3O3/c1-11-4-7(14)8(15)5-2-6(13)9(10)12-3-5/h2-3,7-8,11,13-15H,4H2,1H3,(H2,10,12). The smallest absolute Gasteiger partial charge is 0.165 e. The molecular formula is C9H15N3O3. The second-order valence-electron chi connectivity index (χ2n) is 3.24. The number of nitrogen functional groups attached to an aromatic ring is 1. The van der Waals surface area contributed by atoms with Crippen molar-refractivity contribution in [2.45, 2.75) is 12.2 Å². The maximum Gasteiger partial charge on any atom is 0.165 e. The molecule has 6 heteroatoms. The van der Waals surface area contributed by atoms with Crippen molar-refractivity contribution in [3.05, 3.63) is 17.8 Å². The molecule has 6 nitrogen and oxygen atoms in total. The number of aliphatic hydroxyl groups is 2.